The van der Waals surface area contributed by atoms with Crippen molar-refractivity contribution in [1.82, 2.24) is 9.97 Å². The first kappa shape index (κ1) is 18.0. The van der Waals surface area contributed by atoms with Crippen molar-refractivity contribution >= 4 is 34.7 Å². The maximum atomic E-state index is 6.10. The Balaban J connectivity index is 1.92. The van der Waals surface area contributed by atoms with Crippen LogP contribution in [-0.2, 0) is 0 Å². The summed E-state index contributed by atoms with van der Waals surface area (Å²) >= 11 is 6.10. The lowest BCUT2D eigenvalue weighted by Gasteiger charge is -2.14. The van der Waals surface area contributed by atoms with E-state index >= 15 is 0 Å². The van der Waals surface area contributed by atoms with Gasteiger partial charge in [0.2, 0.25) is 5.95 Å². The average molecular weight is 369 g/mol. The van der Waals surface area contributed by atoms with Gasteiger partial charge in [0.05, 0.1) is 12.8 Å². The minimum Gasteiger partial charge on any atom is -0.495 e. The van der Waals surface area contributed by atoms with Gasteiger partial charge in [-0.05, 0) is 50.1 Å². The Morgan fingerprint density at radius 3 is 2.35 bits per heavy atom. The summed E-state index contributed by atoms with van der Waals surface area (Å²) < 4.78 is 5.37. The molecule has 26 heavy (non-hydrogen) atoms. The largest absolute Gasteiger partial charge is 0.495 e. The van der Waals surface area contributed by atoms with Gasteiger partial charge in [-0.1, -0.05) is 29.8 Å². The molecule has 0 aliphatic heterocycles. The van der Waals surface area contributed by atoms with Crippen LogP contribution in [-0.4, -0.2) is 17.1 Å². The summed E-state index contributed by atoms with van der Waals surface area (Å²) in [7, 11) is 1.61. The predicted molar refractivity (Wildman–Crippen MR) is 107 cm³/mol. The van der Waals surface area contributed by atoms with E-state index in [1.54, 1.807) is 25.3 Å². The van der Waals surface area contributed by atoms with Crippen LogP contribution in [0.5, 0.6) is 5.75 Å². The summed E-state index contributed by atoms with van der Waals surface area (Å²) in [5.41, 5.74) is 4.93. The first-order valence-corrected chi connectivity index (χ1v) is 8.63. The number of anilines is 4. The van der Waals surface area contributed by atoms with Crippen LogP contribution in [0.25, 0.3) is 0 Å². The molecular formula is C20H21ClN4O. The van der Waals surface area contributed by atoms with E-state index in [0.29, 0.717) is 22.4 Å². The molecule has 1 heterocycles. The maximum Gasteiger partial charge on any atom is 0.229 e. The van der Waals surface area contributed by atoms with Gasteiger partial charge in [-0.25, -0.2) is 4.98 Å². The normalized spacial score (nSPS) is 10.5. The Hall–Kier alpha value is -2.79. The van der Waals surface area contributed by atoms with Crippen LogP contribution in [0.1, 0.15) is 16.8 Å². The number of hydrogen-bond acceptors (Lipinski definition) is 5. The first-order chi connectivity index (χ1) is 12.5. The third-order valence-corrected chi connectivity index (χ3v) is 4.23. The fourth-order valence-electron chi connectivity index (χ4n) is 2.73. The molecule has 1 aromatic heterocycles. The topological polar surface area (TPSA) is 59.1 Å². The number of para-hydroxylation sites is 1. The third kappa shape index (κ3) is 4.06. The van der Waals surface area contributed by atoms with Crippen LogP contribution in [0.2, 0.25) is 5.02 Å². The van der Waals surface area contributed by atoms with E-state index in [4.69, 9.17) is 16.3 Å². The number of rotatable bonds is 5. The van der Waals surface area contributed by atoms with Crippen molar-refractivity contribution in [3.63, 3.8) is 0 Å². The van der Waals surface area contributed by atoms with Gasteiger partial charge in [0, 0.05) is 22.5 Å². The maximum absolute atomic E-state index is 6.10. The lowest BCUT2D eigenvalue weighted by molar-refractivity contribution is 0.417. The standard InChI is InChI=1S/C20H21ClN4O/c1-12-6-5-7-13(2)19(12)24-18-10-14(3)22-20(25-18)23-16-11-15(21)8-9-17(16)26-4/h5-11H,1-4H3,(H2,22,23,24,25). The molecule has 0 bridgehead atoms. The lowest BCUT2D eigenvalue weighted by Crippen LogP contribution is -2.04. The molecule has 2 N–H and O–H groups in total. The van der Waals surface area contributed by atoms with Gasteiger partial charge in [-0.2, -0.15) is 4.98 Å². The first-order valence-electron chi connectivity index (χ1n) is 8.26. The monoisotopic (exact) mass is 368 g/mol. The summed E-state index contributed by atoms with van der Waals surface area (Å²) in [4.78, 5) is 9.04. The number of aryl methyl sites for hydroxylation is 3. The molecular weight excluding hydrogens is 348 g/mol. The highest BCUT2D eigenvalue weighted by Gasteiger charge is 2.09. The Morgan fingerprint density at radius 2 is 1.65 bits per heavy atom. The van der Waals surface area contributed by atoms with Gasteiger partial charge < -0.3 is 15.4 Å². The van der Waals surface area contributed by atoms with Crippen molar-refractivity contribution in [3.8, 4) is 5.75 Å². The quantitative estimate of drug-likeness (QED) is 0.618. The molecule has 0 saturated heterocycles. The number of nitrogens with zero attached hydrogens (tertiary/aromatic N) is 2. The van der Waals surface area contributed by atoms with Gasteiger partial charge in [0.15, 0.2) is 0 Å². The van der Waals surface area contributed by atoms with Crippen molar-refractivity contribution in [2.75, 3.05) is 17.7 Å². The number of halogens is 1. The molecule has 3 aromatic rings. The molecule has 0 atom stereocenters. The Labute approximate surface area is 158 Å². The Bertz CT molecular complexity index is 923. The molecule has 0 aliphatic carbocycles. The van der Waals surface area contributed by atoms with Gasteiger partial charge in [-0.15, -0.1) is 0 Å². The van der Waals surface area contributed by atoms with Gasteiger partial charge >= 0.3 is 0 Å². The average Bonchev–Trinajstić information content (AvgIpc) is 2.58. The molecule has 6 heteroatoms. The summed E-state index contributed by atoms with van der Waals surface area (Å²) in [6.07, 6.45) is 0. The van der Waals surface area contributed by atoms with Crippen LogP contribution >= 0.6 is 11.6 Å². The van der Waals surface area contributed by atoms with E-state index in [1.165, 1.54) is 0 Å². The highest BCUT2D eigenvalue weighted by Crippen LogP contribution is 2.30. The van der Waals surface area contributed by atoms with Crippen molar-refractivity contribution in [2.45, 2.75) is 20.8 Å². The second-order valence-corrected chi connectivity index (χ2v) is 6.52. The molecule has 0 unspecified atom stereocenters. The van der Waals surface area contributed by atoms with Crippen LogP contribution in [0.3, 0.4) is 0 Å². The van der Waals surface area contributed by atoms with Gasteiger partial charge in [-0.3, -0.25) is 0 Å². The second-order valence-electron chi connectivity index (χ2n) is 6.08. The van der Waals surface area contributed by atoms with Crippen LogP contribution in [0, 0.1) is 20.8 Å². The summed E-state index contributed by atoms with van der Waals surface area (Å²) in [6.45, 7) is 6.07. The number of ether oxygens (including phenoxy) is 1. The fourth-order valence-corrected chi connectivity index (χ4v) is 2.90. The fraction of sp³-hybridized carbons (Fsp3) is 0.200. The summed E-state index contributed by atoms with van der Waals surface area (Å²) in [5.74, 6) is 1.86. The number of aromatic nitrogens is 2. The Kier molecular flexibility index (Phi) is 5.28. The molecule has 134 valence electrons. The smallest absolute Gasteiger partial charge is 0.229 e. The van der Waals surface area contributed by atoms with E-state index in [1.807, 2.05) is 19.1 Å². The van der Waals surface area contributed by atoms with Crippen molar-refractivity contribution in [1.29, 1.82) is 0 Å². The molecule has 2 aromatic carbocycles. The molecule has 0 spiro atoms. The number of nitrogens with one attached hydrogen (secondary N) is 2. The number of methoxy groups -OCH3 is 1. The van der Waals surface area contributed by atoms with Crippen LogP contribution in [0.4, 0.5) is 23.1 Å². The van der Waals surface area contributed by atoms with Crippen molar-refractivity contribution < 1.29 is 4.74 Å². The lowest BCUT2D eigenvalue weighted by atomic mass is 10.1. The Morgan fingerprint density at radius 1 is 0.923 bits per heavy atom. The van der Waals surface area contributed by atoms with E-state index in [9.17, 15) is 0 Å². The molecule has 3 rings (SSSR count). The summed E-state index contributed by atoms with van der Waals surface area (Å²) in [5, 5.41) is 7.19. The highest BCUT2D eigenvalue weighted by atomic mass is 35.5. The number of benzene rings is 2. The zero-order chi connectivity index (χ0) is 18.7. The minimum atomic E-state index is 0.472. The van der Waals surface area contributed by atoms with Crippen LogP contribution < -0.4 is 15.4 Å². The zero-order valence-electron chi connectivity index (χ0n) is 15.2. The molecule has 0 radical (unpaired) electrons. The highest BCUT2D eigenvalue weighted by molar-refractivity contribution is 6.31. The van der Waals surface area contributed by atoms with E-state index in [2.05, 4.69) is 46.6 Å². The van der Waals surface area contributed by atoms with E-state index < -0.39 is 0 Å². The predicted octanol–water partition coefficient (Wildman–Crippen LogP) is 5.55. The van der Waals surface area contributed by atoms with Crippen molar-refractivity contribution in [3.05, 3.63) is 64.3 Å². The second kappa shape index (κ2) is 7.62. The van der Waals surface area contributed by atoms with Gasteiger partial charge in [0.25, 0.3) is 0 Å². The number of hydrogen-bond donors (Lipinski definition) is 2. The van der Waals surface area contributed by atoms with E-state index in [-0.39, 0.29) is 0 Å². The minimum absolute atomic E-state index is 0.472. The van der Waals surface area contributed by atoms with E-state index in [0.717, 1.165) is 28.3 Å². The SMILES string of the molecule is COc1ccc(Cl)cc1Nc1nc(C)cc(Nc2c(C)cccc2C)n1. The molecule has 0 amide bonds. The molecule has 0 fully saturated rings. The molecule has 5 nitrogen and oxygen atoms in total. The third-order valence-electron chi connectivity index (χ3n) is 4.00. The summed E-state index contributed by atoms with van der Waals surface area (Å²) in [6, 6.07) is 13.4. The van der Waals surface area contributed by atoms with Crippen LogP contribution in [0.15, 0.2) is 42.5 Å². The van der Waals surface area contributed by atoms with Crippen molar-refractivity contribution in [2.24, 2.45) is 0 Å². The van der Waals surface area contributed by atoms with Gasteiger partial charge in [0.1, 0.15) is 11.6 Å². The molecule has 0 aliphatic rings. The molecule has 0 saturated carbocycles. The zero-order valence-corrected chi connectivity index (χ0v) is 16.0.